The SMILES string of the molecule is Cc1ccc(S(=O)(=O)N[C@H](C)C(=O)Oc2c[nH]c3ccccc23)cc1. The fourth-order valence-corrected chi connectivity index (χ4v) is 3.58. The highest BCUT2D eigenvalue weighted by Gasteiger charge is 2.24. The van der Waals surface area contributed by atoms with Crippen molar-refractivity contribution in [3.63, 3.8) is 0 Å². The highest BCUT2D eigenvalue weighted by atomic mass is 32.2. The van der Waals surface area contributed by atoms with Gasteiger partial charge in [0, 0.05) is 17.1 Å². The summed E-state index contributed by atoms with van der Waals surface area (Å²) in [5.41, 5.74) is 1.78. The average Bonchev–Trinajstić information content (AvgIpc) is 2.98. The number of hydrogen-bond donors (Lipinski definition) is 2. The number of fused-ring (bicyclic) bond motifs is 1. The van der Waals surface area contributed by atoms with Crippen molar-refractivity contribution < 1.29 is 17.9 Å². The van der Waals surface area contributed by atoms with Gasteiger partial charge in [-0.3, -0.25) is 0 Å². The van der Waals surface area contributed by atoms with Gasteiger partial charge in [-0.05, 0) is 38.1 Å². The number of ether oxygens (including phenoxy) is 1. The van der Waals surface area contributed by atoms with E-state index in [-0.39, 0.29) is 4.90 Å². The molecular formula is C18H18N2O4S. The van der Waals surface area contributed by atoms with E-state index in [9.17, 15) is 13.2 Å². The van der Waals surface area contributed by atoms with Crippen molar-refractivity contribution in [2.75, 3.05) is 0 Å². The molecule has 1 aromatic heterocycles. The van der Waals surface area contributed by atoms with Crippen molar-refractivity contribution in [3.05, 3.63) is 60.3 Å². The van der Waals surface area contributed by atoms with Gasteiger partial charge < -0.3 is 9.72 Å². The molecule has 130 valence electrons. The second-order valence-electron chi connectivity index (χ2n) is 5.78. The van der Waals surface area contributed by atoms with Crippen LogP contribution in [0, 0.1) is 6.92 Å². The minimum absolute atomic E-state index is 0.102. The quantitative estimate of drug-likeness (QED) is 0.687. The highest BCUT2D eigenvalue weighted by molar-refractivity contribution is 7.89. The van der Waals surface area contributed by atoms with E-state index in [0.29, 0.717) is 5.75 Å². The molecular weight excluding hydrogens is 340 g/mol. The van der Waals surface area contributed by atoms with Crippen LogP contribution in [0.5, 0.6) is 5.75 Å². The first-order chi connectivity index (χ1) is 11.9. The second kappa shape index (κ2) is 6.70. The Hall–Kier alpha value is -2.64. The van der Waals surface area contributed by atoms with Gasteiger partial charge in [0.1, 0.15) is 6.04 Å². The molecule has 2 N–H and O–H groups in total. The lowest BCUT2D eigenvalue weighted by Gasteiger charge is -2.13. The van der Waals surface area contributed by atoms with Crippen molar-refractivity contribution in [3.8, 4) is 5.75 Å². The number of aromatic amines is 1. The van der Waals surface area contributed by atoms with Crippen molar-refractivity contribution in [2.24, 2.45) is 0 Å². The number of carbonyl (C=O) groups is 1. The molecule has 2 aromatic carbocycles. The van der Waals surface area contributed by atoms with E-state index in [4.69, 9.17) is 4.74 Å². The fourth-order valence-electron chi connectivity index (χ4n) is 2.39. The summed E-state index contributed by atoms with van der Waals surface area (Å²) >= 11 is 0. The average molecular weight is 358 g/mol. The first-order valence-corrected chi connectivity index (χ1v) is 9.22. The van der Waals surface area contributed by atoms with E-state index in [1.54, 1.807) is 18.3 Å². The van der Waals surface area contributed by atoms with Gasteiger partial charge >= 0.3 is 5.97 Å². The Labute approximate surface area is 145 Å². The maximum atomic E-state index is 12.3. The Balaban J connectivity index is 1.73. The Kier molecular flexibility index (Phi) is 4.61. The summed E-state index contributed by atoms with van der Waals surface area (Å²) in [5, 5.41) is 0.754. The van der Waals surface area contributed by atoms with E-state index < -0.39 is 22.0 Å². The van der Waals surface area contributed by atoms with Crippen molar-refractivity contribution >= 4 is 26.9 Å². The lowest BCUT2D eigenvalue weighted by atomic mass is 10.2. The number of para-hydroxylation sites is 1. The van der Waals surface area contributed by atoms with Crippen LogP contribution in [0.4, 0.5) is 0 Å². The van der Waals surface area contributed by atoms with Gasteiger partial charge in [0.2, 0.25) is 10.0 Å². The summed E-state index contributed by atoms with van der Waals surface area (Å²) in [7, 11) is -3.80. The van der Waals surface area contributed by atoms with E-state index in [1.165, 1.54) is 19.1 Å². The van der Waals surface area contributed by atoms with Gasteiger partial charge in [-0.1, -0.05) is 29.8 Å². The molecule has 3 aromatic rings. The van der Waals surface area contributed by atoms with Gasteiger partial charge in [0.25, 0.3) is 0 Å². The molecule has 3 rings (SSSR count). The van der Waals surface area contributed by atoms with Crippen LogP contribution in [0.15, 0.2) is 59.6 Å². The lowest BCUT2D eigenvalue weighted by Crippen LogP contribution is -2.40. The van der Waals surface area contributed by atoms with Crippen LogP contribution in [0.2, 0.25) is 0 Å². The molecule has 0 spiro atoms. The molecule has 0 fully saturated rings. The monoisotopic (exact) mass is 358 g/mol. The van der Waals surface area contributed by atoms with Crippen LogP contribution in [0.3, 0.4) is 0 Å². The molecule has 7 heteroatoms. The zero-order valence-corrected chi connectivity index (χ0v) is 14.6. The standard InChI is InChI=1S/C18H18N2O4S/c1-12-7-9-14(10-8-12)25(22,23)20-13(2)18(21)24-17-11-19-16-6-4-3-5-15(16)17/h3-11,13,19-20H,1-2H3/t13-/m1/s1. The summed E-state index contributed by atoms with van der Waals surface area (Å²) in [4.78, 5) is 15.4. The number of aryl methyl sites for hydroxylation is 1. The summed E-state index contributed by atoms with van der Waals surface area (Å²) in [6.45, 7) is 3.31. The highest BCUT2D eigenvalue weighted by Crippen LogP contribution is 2.25. The first-order valence-electron chi connectivity index (χ1n) is 7.73. The van der Waals surface area contributed by atoms with Crippen molar-refractivity contribution in [1.82, 2.24) is 9.71 Å². The zero-order valence-electron chi connectivity index (χ0n) is 13.8. The predicted molar refractivity (Wildman–Crippen MR) is 94.9 cm³/mol. The smallest absolute Gasteiger partial charge is 0.329 e. The normalized spacial score (nSPS) is 12.9. The second-order valence-corrected chi connectivity index (χ2v) is 7.49. The molecule has 0 saturated carbocycles. The number of carbonyl (C=O) groups excluding carboxylic acids is 1. The molecule has 0 aliphatic heterocycles. The van der Waals surface area contributed by atoms with Gasteiger partial charge in [0.05, 0.1) is 4.90 Å². The van der Waals surface area contributed by atoms with Crippen LogP contribution in [0.1, 0.15) is 12.5 Å². The van der Waals surface area contributed by atoms with E-state index in [1.807, 2.05) is 31.2 Å². The Bertz CT molecular complexity index is 1010. The van der Waals surface area contributed by atoms with Gasteiger partial charge in [0.15, 0.2) is 5.75 Å². The van der Waals surface area contributed by atoms with Crippen LogP contribution in [-0.2, 0) is 14.8 Å². The van der Waals surface area contributed by atoms with Crippen LogP contribution >= 0.6 is 0 Å². The topological polar surface area (TPSA) is 88.3 Å². The zero-order chi connectivity index (χ0) is 18.0. The minimum Gasteiger partial charge on any atom is -0.423 e. The maximum absolute atomic E-state index is 12.3. The van der Waals surface area contributed by atoms with E-state index >= 15 is 0 Å². The molecule has 0 aliphatic carbocycles. The molecule has 0 saturated heterocycles. The van der Waals surface area contributed by atoms with Crippen LogP contribution in [-0.4, -0.2) is 25.4 Å². The minimum atomic E-state index is -3.80. The molecule has 0 unspecified atom stereocenters. The Morgan fingerprint density at radius 1 is 1.12 bits per heavy atom. The molecule has 0 aliphatic rings. The number of H-pyrrole nitrogens is 1. The number of esters is 1. The van der Waals surface area contributed by atoms with Gasteiger partial charge in [-0.2, -0.15) is 4.72 Å². The molecule has 0 bridgehead atoms. The number of benzene rings is 2. The van der Waals surface area contributed by atoms with Crippen LogP contribution in [0.25, 0.3) is 10.9 Å². The summed E-state index contributed by atoms with van der Waals surface area (Å²) in [6.07, 6.45) is 1.57. The molecule has 0 radical (unpaired) electrons. The van der Waals surface area contributed by atoms with Crippen LogP contribution < -0.4 is 9.46 Å². The van der Waals surface area contributed by atoms with Crippen molar-refractivity contribution in [2.45, 2.75) is 24.8 Å². The Morgan fingerprint density at radius 3 is 2.52 bits per heavy atom. The number of aromatic nitrogens is 1. The number of rotatable bonds is 5. The number of sulfonamides is 1. The third kappa shape index (κ3) is 3.72. The summed E-state index contributed by atoms with van der Waals surface area (Å²) < 4.78 is 32.4. The largest absolute Gasteiger partial charge is 0.423 e. The maximum Gasteiger partial charge on any atom is 0.329 e. The van der Waals surface area contributed by atoms with Crippen molar-refractivity contribution in [1.29, 1.82) is 0 Å². The lowest BCUT2D eigenvalue weighted by molar-refractivity contribution is -0.135. The summed E-state index contributed by atoms with van der Waals surface area (Å²) in [6, 6.07) is 12.7. The molecule has 1 heterocycles. The van der Waals surface area contributed by atoms with E-state index in [2.05, 4.69) is 9.71 Å². The molecule has 25 heavy (non-hydrogen) atoms. The summed E-state index contributed by atoms with van der Waals surface area (Å²) in [5.74, 6) is -0.317. The van der Waals surface area contributed by atoms with Gasteiger partial charge in [-0.25, -0.2) is 13.2 Å². The number of hydrogen-bond acceptors (Lipinski definition) is 4. The molecule has 0 amide bonds. The fraction of sp³-hybridized carbons (Fsp3) is 0.167. The van der Waals surface area contributed by atoms with Gasteiger partial charge in [-0.15, -0.1) is 0 Å². The first kappa shape index (κ1) is 17.2. The molecule has 6 nitrogen and oxygen atoms in total. The molecule has 1 atom stereocenters. The third-order valence-electron chi connectivity index (χ3n) is 3.78. The number of nitrogens with one attached hydrogen (secondary N) is 2. The predicted octanol–water partition coefficient (Wildman–Crippen LogP) is 2.75. The van der Waals surface area contributed by atoms with E-state index in [0.717, 1.165) is 16.5 Å². The Morgan fingerprint density at radius 2 is 1.80 bits per heavy atom. The third-order valence-corrected chi connectivity index (χ3v) is 5.34.